The van der Waals surface area contributed by atoms with Crippen LogP contribution in [0.25, 0.3) is 33.3 Å². The number of hydrogen-bond donors (Lipinski definition) is 2. The van der Waals surface area contributed by atoms with Crippen LogP contribution in [0.3, 0.4) is 0 Å². The van der Waals surface area contributed by atoms with Gasteiger partial charge in [0, 0.05) is 62.8 Å². The molecule has 14 nitrogen and oxygen atoms in total. The summed E-state index contributed by atoms with van der Waals surface area (Å²) in [5.41, 5.74) is 8.63. The summed E-state index contributed by atoms with van der Waals surface area (Å²) in [6.07, 6.45) is 4.48. The highest BCUT2D eigenvalue weighted by Gasteiger charge is 2.40. The summed E-state index contributed by atoms with van der Waals surface area (Å²) in [7, 11) is 3.20. The number of rotatable bonds is 10. The molecule has 2 saturated heterocycles. The van der Waals surface area contributed by atoms with E-state index in [0.717, 1.165) is 33.2 Å². The topological polar surface area (TPSA) is 155 Å². The molecule has 65 heavy (non-hydrogen) atoms. The number of methoxy groups -OCH3 is 1. The Morgan fingerprint density at radius 3 is 2.57 bits per heavy atom. The first-order valence-corrected chi connectivity index (χ1v) is 22.6. The Kier molecular flexibility index (Phi) is 14.2. The summed E-state index contributed by atoms with van der Waals surface area (Å²) < 4.78 is 28.9. The number of aromatic nitrogens is 2. The first-order chi connectivity index (χ1) is 31.0. The summed E-state index contributed by atoms with van der Waals surface area (Å²) in [6.45, 7) is 13.4. The maximum Gasteiger partial charge on any atom is 0.324 e. The molecule has 0 spiro atoms. The second-order valence-corrected chi connectivity index (χ2v) is 18.8. The molecule has 6 bridgehead atoms. The normalized spacial score (nSPS) is 21.1. The number of carbonyl (C=O) groups is 5. The van der Waals surface area contributed by atoms with Gasteiger partial charge in [0.1, 0.15) is 18.1 Å². The molecule has 4 aromatic rings. The van der Waals surface area contributed by atoms with E-state index in [9.17, 15) is 24.0 Å². The molecule has 0 radical (unpaired) electrons. The molecule has 7 rings (SSSR count). The first kappa shape index (κ1) is 47.0. The van der Waals surface area contributed by atoms with Crippen molar-refractivity contribution in [3.63, 3.8) is 0 Å². The molecular formula is C50H62FN7O7. The van der Waals surface area contributed by atoms with Crippen LogP contribution in [-0.2, 0) is 53.1 Å². The lowest BCUT2D eigenvalue weighted by Gasteiger charge is -2.37. The van der Waals surface area contributed by atoms with Crippen LogP contribution in [0.4, 0.5) is 4.39 Å². The lowest BCUT2D eigenvalue weighted by molar-refractivity contribution is -0.155. The van der Waals surface area contributed by atoms with Gasteiger partial charge in [-0.05, 0) is 91.1 Å². The van der Waals surface area contributed by atoms with Gasteiger partial charge in [0.25, 0.3) is 5.91 Å². The van der Waals surface area contributed by atoms with Gasteiger partial charge in [-0.1, -0.05) is 64.6 Å². The minimum absolute atomic E-state index is 0.0424. The quantitative estimate of drug-likeness (QED) is 0.141. The minimum Gasteiger partial charge on any atom is -0.464 e. The van der Waals surface area contributed by atoms with Gasteiger partial charge in [-0.15, -0.1) is 0 Å². The number of hydrogen-bond acceptors (Lipinski definition) is 9. The number of carbonyl (C=O) groups excluding carboxylic acids is 5. The number of likely N-dealkylation sites (N-methyl/N-ethyl adjacent to an activating group) is 1. The monoisotopic (exact) mass is 891 g/mol. The van der Waals surface area contributed by atoms with Crippen molar-refractivity contribution in [3.8, 4) is 22.4 Å². The van der Waals surface area contributed by atoms with Crippen LogP contribution in [0.15, 0.2) is 73.4 Å². The maximum absolute atomic E-state index is 15.5. The number of nitrogens with one attached hydrogen (secondary N) is 2. The van der Waals surface area contributed by atoms with E-state index < -0.39 is 54.0 Å². The number of alkyl halides is 1. The lowest BCUT2D eigenvalue weighted by atomic mass is 9.84. The fourth-order valence-electron chi connectivity index (χ4n) is 9.68. The Balaban J connectivity index is 1.29. The van der Waals surface area contributed by atoms with Crippen LogP contribution in [0.1, 0.15) is 76.8 Å². The van der Waals surface area contributed by atoms with Crippen LogP contribution in [0.5, 0.6) is 0 Å². The molecule has 4 amide bonds. The van der Waals surface area contributed by atoms with Crippen LogP contribution in [0, 0.1) is 17.3 Å². The van der Waals surface area contributed by atoms with E-state index in [4.69, 9.17) is 9.47 Å². The molecule has 2 aromatic carbocycles. The average molecular weight is 892 g/mol. The third kappa shape index (κ3) is 9.86. The predicted molar refractivity (Wildman–Crippen MR) is 245 cm³/mol. The average Bonchev–Trinajstić information content (AvgIpc) is 3.92. The number of benzene rings is 2. The van der Waals surface area contributed by atoms with Gasteiger partial charge in [-0.2, -0.15) is 0 Å². The lowest BCUT2D eigenvalue weighted by Crippen LogP contribution is -2.62. The number of amides is 4. The third-order valence-electron chi connectivity index (χ3n) is 13.1. The summed E-state index contributed by atoms with van der Waals surface area (Å²) in [6, 6.07) is 14.6. The zero-order valence-electron chi connectivity index (χ0n) is 38.6. The summed E-state index contributed by atoms with van der Waals surface area (Å²) in [5, 5.41) is 5.26. The Morgan fingerprint density at radius 1 is 1.08 bits per heavy atom. The molecule has 3 aliphatic rings. The second kappa shape index (κ2) is 19.7. The van der Waals surface area contributed by atoms with E-state index in [2.05, 4.69) is 28.4 Å². The van der Waals surface area contributed by atoms with E-state index in [1.54, 1.807) is 29.8 Å². The second-order valence-electron chi connectivity index (χ2n) is 18.8. The number of hydrazine groups is 1. The van der Waals surface area contributed by atoms with Gasteiger partial charge in [-0.25, -0.2) is 9.82 Å². The molecule has 3 aliphatic heterocycles. The number of cyclic esters (lactones) is 1. The van der Waals surface area contributed by atoms with Crippen molar-refractivity contribution in [2.75, 3.05) is 40.4 Å². The fraction of sp³-hybridized carbons (Fsp3) is 0.480. The number of halogens is 1. The van der Waals surface area contributed by atoms with Crippen LogP contribution < -0.4 is 10.7 Å². The number of pyridine rings is 1. The number of ether oxygens (including phenoxy) is 2. The molecule has 5 atom stereocenters. The van der Waals surface area contributed by atoms with Crippen molar-refractivity contribution in [2.24, 2.45) is 17.3 Å². The molecule has 346 valence electrons. The number of likely N-dealkylation sites (tertiary alicyclic amines) is 1. The van der Waals surface area contributed by atoms with Crippen molar-refractivity contribution in [3.05, 3.63) is 90.3 Å². The molecule has 15 heteroatoms. The molecular weight excluding hydrogens is 830 g/mol. The Bertz CT molecular complexity index is 2470. The third-order valence-corrected chi connectivity index (χ3v) is 13.1. The van der Waals surface area contributed by atoms with Crippen molar-refractivity contribution in [1.82, 2.24) is 35.1 Å². The predicted octanol–water partition coefficient (Wildman–Crippen LogP) is 6.17. The van der Waals surface area contributed by atoms with Gasteiger partial charge in [0.2, 0.25) is 17.7 Å². The molecule has 2 aromatic heterocycles. The van der Waals surface area contributed by atoms with Gasteiger partial charge in [0.05, 0.1) is 35.5 Å². The summed E-state index contributed by atoms with van der Waals surface area (Å²) in [5.74, 6) is -2.76. The van der Waals surface area contributed by atoms with E-state index in [1.807, 2.05) is 83.1 Å². The van der Waals surface area contributed by atoms with E-state index in [0.29, 0.717) is 55.7 Å². The SMILES string of the molecule is C=CC(=O)N1CC[C@H](C(=O)N(C)C(C(=O)NC2Cc3cccc(c3)-c3ccc4c(c3)c(c(-c3cccnc3C(C)OC)n4CF)CC(C)(C)COC(=O)[C@@H]3CCCN(N3)C2=O)C(C)C)C1. The smallest absolute Gasteiger partial charge is 0.324 e. The fourth-order valence-corrected chi connectivity index (χ4v) is 9.68. The van der Waals surface area contributed by atoms with Gasteiger partial charge in [-0.3, -0.25) is 34.0 Å². The highest BCUT2D eigenvalue weighted by Crippen LogP contribution is 2.42. The molecule has 2 fully saturated rings. The molecule has 3 unspecified atom stereocenters. The van der Waals surface area contributed by atoms with Gasteiger partial charge in [0.15, 0.2) is 6.80 Å². The van der Waals surface area contributed by atoms with E-state index in [1.165, 1.54) is 16.0 Å². The number of nitrogens with zero attached hydrogens (tertiary/aromatic N) is 5. The summed E-state index contributed by atoms with van der Waals surface area (Å²) >= 11 is 0. The highest BCUT2D eigenvalue weighted by molar-refractivity contribution is 5.96. The summed E-state index contributed by atoms with van der Waals surface area (Å²) in [4.78, 5) is 76.9. The van der Waals surface area contributed by atoms with Crippen molar-refractivity contribution >= 4 is 40.5 Å². The number of fused-ring (bicyclic) bond motifs is 6. The Hall–Kier alpha value is -5.93. The van der Waals surface area contributed by atoms with Gasteiger partial charge >= 0.3 is 5.97 Å². The number of esters is 1. The van der Waals surface area contributed by atoms with E-state index in [-0.39, 0.29) is 43.4 Å². The Labute approximate surface area is 380 Å². The van der Waals surface area contributed by atoms with Crippen LogP contribution in [-0.4, -0.2) is 112 Å². The molecule has 5 heterocycles. The van der Waals surface area contributed by atoms with Crippen LogP contribution in [0.2, 0.25) is 0 Å². The first-order valence-electron chi connectivity index (χ1n) is 22.6. The van der Waals surface area contributed by atoms with Crippen molar-refractivity contribution < 1.29 is 37.8 Å². The molecule has 0 saturated carbocycles. The van der Waals surface area contributed by atoms with Crippen molar-refractivity contribution in [2.45, 2.75) is 97.8 Å². The zero-order valence-corrected chi connectivity index (χ0v) is 38.6. The maximum atomic E-state index is 15.5. The van der Waals surface area contributed by atoms with Crippen LogP contribution >= 0.6 is 0 Å². The minimum atomic E-state index is -1.09. The zero-order chi connectivity index (χ0) is 46.7. The standard InChI is InChI=1S/C50H62FN7O7/c1-9-42(59)56-22-19-35(27-56)47(61)55(7)44(30(2)3)46(60)53-40-24-32-13-10-14-33(23-32)34-17-18-41-37(25-34)38(45(57(41)29-51)36-15-11-20-52-43(36)31(4)64-8)26-50(5,6)28-65-49(63)39-16-12-21-58(54-39)48(40)62/h9-11,13-15,17-18,20,23,25,30-31,35,39-40,44,54H,1,12,16,19,21-22,24,26-29H2,2-8H3,(H,53,60)/t31?,35-,39-,40?,44?/m0/s1. The highest BCUT2D eigenvalue weighted by atomic mass is 19.1. The molecule has 2 N–H and O–H groups in total. The largest absolute Gasteiger partial charge is 0.464 e. The molecule has 0 aliphatic carbocycles. The van der Waals surface area contributed by atoms with Crippen molar-refractivity contribution in [1.29, 1.82) is 0 Å². The van der Waals surface area contributed by atoms with E-state index >= 15 is 4.39 Å². The Morgan fingerprint density at radius 2 is 1.85 bits per heavy atom. The van der Waals surface area contributed by atoms with Gasteiger partial charge < -0.3 is 29.2 Å².